The molecule has 22 heavy (non-hydrogen) atoms. The van der Waals surface area contributed by atoms with E-state index in [1.807, 2.05) is 6.92 Å². The van der Waals surface area contributed by atoms with Gasteiger partial charge in [-0.25, -0.2) is 12.6 Å². The average Bonchev–Trinajstić information content (AvgIpc) is 2.38. The van der Waals surface area contributed by atoms with Crippen molar-refractivity contribution in [2.24, 2.45) is 0 Å². The smallest absolute Gasteiger partial charge is 0.513 e. The summed E-state index contributed by atoms with van der Waals surface area (Å²) in [6, 6.07) is 5.03. The van der Waals surface area contributed by atoms with Gasteiger partial charge >= 0.3 is 15.8 Å². The summed E-state index contributed by atoms with van der Waals surface area (Å²) in [6.07, 6.45) is 4.55. The topological polar surface area (TPSA) is 104 Å². The third-order valence-corrected chi connectivity index (χ3v) is 3.75. The van der Waals surface area contributed by atoms with Gasteiger partial charge in [-0.1, -0.05) is 23.4 Å². The summed E-state index contributed by atoms with van der Waals surface area (Å²) in [6.45, 7) is 2.21. The summed E-state index contributed by atoms with van der Waals surface area (Å²) >= 11 is 0. The molecule has 1 aromatic heterocycles. The van der Waals surface area contributed by atoms with Gasteiger partial charge in [-0.3, -0.25) is 0 Å². The van der Waals surface area contributed by atoms with Crippen molar-refractivity contribution in [2.45, 2.75) is 25.3 Å². The van der Waals surface area contributed by atoms with Gasteiger partial charge in [0.25, 0.3) is 0 Å². The zero-order valence-corrected chi connectivity index (χ0v) is 13.0. The molecule has 0 fully saturated rings. The maximum absolute atomic E-state index is 11.4. The van der Waals surface area contributed by atoms with Crippen molar-refractivity contribution in [3.05, 3.63) is 30.6 Å². The van der Waals surface area contributed by atoms with Crippen LogP contribution in [-0.2, 0) is 24.6 Å². The molecule has 0 spiro atoms. The fourth-order valence-electron chi connectivity index (χ4n) is 0.901. The molecule has 0 aliphatic rings. The fourth-order valence-corrected chi connectivity index (χ4v) is 1.79. The van der Waals surface area contributed by atoms with Crippen molar-refractivity contribution in [3.8, 4) is 0 Å². The highest BCUT2D eigenvalue weighted by molar-refractivity contribution is 7.86. The van der Waals surface area contributed by atoms with Crippen LogP contribution in [0.3, 0.4) is 0 Å². The van der Waals surface area contributed by atoms with Gasteiger partial charge in [0, 0.05) is 12.1 Å². The molecule has 0 saturated heterocycles. The largest absolute Gasteiger partial charge is 0.741 e. The van der Waals surface area contributed by atoms with Crippen molar-refractivity contribution in [1.29, 1.82) is 0 Å². The van der Waals surface area contributed by atoms with Gasteiger partial charge in [0.2, 0.25) is 0 Å². The van der Waals surface area contributed by atoms with E-state index in [4.69, 9.17) is 17.2 Å². The second-order valence-electron chi connectivity index (χ2n) is 3.74. The molecule has 0 N–H and O–H groups in total. The zero-order chi connectivity index (χ0) is 17.4. The van der Waals surface area contributed by atoms with Crippen LogP contribution in [0.1, 0.15) is 19.8 Å². The summed E-state index contributed by atoms with van der Waals surface area (Å²) in [4.78, 5) is 0. The minimum atomic E-state index is -6.09. The van der Waals surface area contributed by atoms with Gasteiger partial charge in [-0.2, -0.15) is 13.2 Å². The Morgan fingerprint density at radius 2 is 1.55 bits per heavy atom. The number of pyridine rings is 1. The van der Waals surface area contributed by atoms with Crippen molar-refractivity contribution in [3.63, 3.8) is 0 Å². The molecule has 0 unspecified atom stereocenters. The molecule has 1 rings (SSSR count). The number of nitrogens with zero attached hydrogens (tertiary/aromatic N) is 1. The number of unbranched alkanes of at least 4 members (excludes halogenated alkanes) is 1. The van der Waals surface area contributed by atoms with Crippen molar-refractivity contribution < 1.29 is 42.7 Å². The summed E-state index contributed by atoms with van der Waals surface area (Å²) in [5.41, 5.74) is -5.65. The maximum atomic E-state index is 11.4. The SMILES string of the molecule is CCCCOS(=O)(=O)[n+]1ccccc1.O=S(=O)([O-])C(F)(F)F. The number of alkyl halides is 3. The van der Waals surface area contributed by atoms with Crippen molar-refractivity contribution in [2.75, 3.05) is 6.61 Å². The molecule has 0 aliphatic carbocycles. The molecular formula is C10H14F3NO6S2. The van der Waals surface area contributed by atoms with Gasteiger partial charge in [-0.15, -0.1) is 8.42 Å². The Kier molecular flexibility index (Phi) is 7.93. The molecule has 0 amide bonds. The lowest BCUT2D eigenvalue weighted by molar-refractivity contribution is -0.520. The van der Waals surface area contributed by atoms with E-state index in [1.165, 1.54) is 12.4 Å². The van der Waals surface area contributed by atoms with E-state index in [2.05, 4.69) is 0 Å². The molecule has 0 aliphatic heterocycles. The molecule has 1 aromatic rings. The van der Waals surface area contributed by atoms with Gasteiger partial charge in [0.1, 0.15) is 0 Å². The van der Waals surface area contributed by atoms with Crippen LogP contribution in [0.5, 0.6) is 0 Å². The Hall–Kier alpha value is -1.24. The Bertz CT molecular complexity index is 643. The molecule has 0 radical (unpaired) electrons. The first-order valence-corrected chi connectivity index (χ1v) is 8.57. The lowest BCUT2D eigenvalue weighted by atomic mass is 10.4. The molecule has 0 saturated carbocycles. The van der Waals surface area contributed by atoms with Crippen LogP contribution in [-0.4, -0.2) is 33.5 Å². The van der Waals surface area contributed by atoms with E-state index in [9.17, 15) is 21.6 Å². The number of hydrogen-bond acceptors (Lipinski definition) is 6. The summed E-state index contributed by atoms with van der Waals surface area (Å²) in [5.74, 6) is 0. The summed E-state index contributed by atoms with van der Waals surface area (Å²) in [5, 5.41) is 0. The number of aromatic nitrogens is 1. The van der Waals surface area contributed by atoms with E-state index < -0.39 is 25.9 Å². The lowest BCUT2D eigenvalue weighted by Crippen LogP contribution is -2.43. The first-order valence-electron chi connectivity index (χ1n) is 5.80. The normalized spacial score (nSPS) is 12.4. The highest BCUT2D eigenvalue weighted by atomic mass is 32.2. The summed E-state index contributed by atoms with van der Waals surface area (Å²) < 4.78 is 87.6. The first-order chi connectivity index (χ1) is 9.92. The van der Waals surface area contributed by atoms with E-state index in [0.717, 1.165) is 16.8 Å². The van der Waals surface area contributed by atoms with Crippen LogP contribution >= 0.6 is 0 Å². The van der Waals surface area contributed by atoms with Crippen LogP contribution in [0.2, 0.25) is 0 Å². The molecule has 0 aromatic carbocycles. The molecule has 0 bridgehead atoms. The maximum Gasteiger partial charge on any atom is 0.513 e. The minimum Gasteiger partial charge on any atom is -0.741 e. The Morgan fingerprint density at radius 3 is 1.91 bits per heavy atom. The minimum absolute atomic E-state index is 0.237. The van der Waals surface area contributed by atoms with E-state index in [-0.39, 0.29) is 6.61 Å². The van der Waals surface area contributed by atoms with E-state index >= 15 is 0 Å². The van der Waals surface area contributed by atoms with Crippen molar-refractivity contribution in [1.82, 2.24) is 0 Å². The zero-order valence-electron chi connectivity index (χ0n) is 11.4. The summed E-state index contributed by atoms with van der Waals surface area (Å²) in [7, 11) is -9.71. The fraction of sp³-hybridized carbons (Fsp3) is 0.500. The predicted octanol–water partition coefficient (Wildman–Crippen LogP) is 0.935. The molecule has 12 heteroatoms. The number of hydrogen-bond donors (Lipinski definition) is 0. The first kappa shape index (κ1) is 20.8. The van der Waals surface area contributed by atoms with Gasteiger partial charge in [0.05, 0.1) is 6.61 Å². The second-order valence-corrected chi connectivity index (χ2v) is 6.62. The van der Waals surface area contributed by atoms with Crippen molar-refractivity contribution >= 4 is 20.4 Å². The predicted molar refractivity (Wildman–Crippen MR) is 67.6 cm³/mol. The van der Waals surface area contributed by atoms with Crippen LogP contribution in [0.25, 0.3) is 0 Å². The average molecular weight is 365 g/mol. The van der Waals surface area contributed by atoms with E-state index in [0.29, 0.717) is 0 Å². The molecule has 1 heterocycles. The molecule has 128 valence electrons. The van der Waals surface area contributed by atoms with Crippen LogP contribution < -0.4 is 3.97 Å². The van der Waals surface area contributed by atoms with Gasteiger partial charge in [0.15, 0.2) is 22.5 Å². The van der Waals surface area contributed by atoms with E-state index in [1.54, 1.807) is 18.2 Å². The Labute approximate surface area is 126 Å². The molecule has 0 atom stereocenters. The van der Waals surface area contributed by atoms with Crippen LogP contribution in [0.4, 0.5) is 13.2 Å². The third kappa shape index (κ3) is 7.68. The highest BCUT2D eigenvalue weighted by Gasteiger charge is 2.36. The second kappa shape index (κ2) is 8.41. The Balaban J connectivity index is 0.000000472. The van der Waals surface area contributed by atoms with Gasteiger partial charge in [-0.05, 0) is 6.42 Å². The highest BCUT2D eigenvalue weighted by Crippen LogP contribution is 2.20. The number of rotatable bonds is 5. The van der Waals surface area contributed by atoms with Gasteiger partial charge < -0.3 is 4.55 Å². The standard InChI is InChI=1S/C9H14NO3S.CHF3O3S/c1-2-3-9-13-14(11,12)10-7-5-4-6-8-10;2-1(3,4)8(5,6)7/h4-8H,2-3,9H2,1H3;(H,5,6,7)/q+1;/p-1. The monoisotopic (exact) mass is 365 g/mol. The van der Waals surface area contributed by atoms with Crippen LogP contribution in [0, 0.1) is 0 Å². The number of halogens is 3. The quantitative estimate of drug-likeness (QED) is 0.333. The molecular weight excluding hydrogens is 351 g/mol. The Morgan fingerprint density at radius 1 is 1.09 bits per heavy atom. The van der Waals surface area contributed by atoms with Crippen LogP contribution in [0.15, 0.2) is 30.6 Å². The lowest BCUT2D eigenvalue weighted by Gasteiger charge is -2.08. The molecule has 7 nitrogen and oxygen atoms in total. The third-order valence-electron chi connectivity index (χ3n) is 1.96.